The van der Waals surface area contributed by atoms with Crippen molar-refractivity contribution in [1.82, 2.24) is 4.57 Å². The van der Waals surface area contributed by atoms with Crippen LogP contribution in [0.5, 0.6) is 5.75 Å². The first-order chi connectivity index (χ1) is 15.9. The quantitative estimate of drug-likeness (QED) is 0.242. The second kappa shape index (κ2) is 10.1. The highest BCUT2D eigenvalue weighted by Gasteiger charge is 2.11. The molecule has 0 saturated heterocycles. The monoisotopic (exact) mass is 516 g/mol. The van der Waals surface area contributed by atoms with Gasteiger partial charge < -0.3 is 9.30 Å². The number of aromatic nitrogens is 1. The summed E-state index contributed by atoms with van der Waals surface area (Å²) in [7, 11) is 0. The van der Waals surface area contributed by atoms with Crippen molar-refractivity contribution in [3.8, 4) is 17.5 Å². The second-order valence-corrected chi connectivity index (χ2v) is 9.10. The van der Waals surface area contributed by atoms with Crippen LogP contribution in [0.4, 0.5) is 0 Å². The summed E-state index contributed by atoms with van der Waals surface area (Å²) in [5.74, 6) is 0.818. The molecule has 33 heavy (non-hydrogen) atoms. The van der Waals surface area contributed by atoms with E-state index in [-0.39, 0.29) is 0 Å². The predicted molar refractivity (Wildman–Crippen MR) is 139 cm³/mol. The predicted octanol–water partition coefficient (Wildman–Crippen LogP) is 8.15. The van der Waals surface area contributed by atoms with E-state index in [9.17, 15) is 5.26 Å². The minimum atomic E-state index is 0.519. The van der Waals surface area contributed by atoms with E-state index in [2.05, 4.69) is 58.6 Å². The summed E-state index contributed by atoms with van der Waals surface area (Å²) in [6.07, 6.45) is 1.93. The Hall–Kier alpha value is -3.26. The number of benzene rings is 3. The number of hydrogen-bond acceptors (Lipinski definition) is 2. The van der Waals surface area contributed by atoms with Crippen molar-refractivity contribution in [3.05, 3.63) is 116 Å². The van der Waals surface area contributed by atoms with Gasteiger partial charge in [-0.05, 0) is 91.2 Å². The van der Waals surface area contributed by atoms with Gasteiger partial charge in [0.25, 0.3) is 0 Å². The number of rotatable bonds is 6. The molecule has 5 heteroatoms. The highest BCUT2D eigenvalue weighted by Crippen LogP contribution is 2.27. The lowest BCUT2D eigenvalue weighted by Gasteiger charge is -2.12. The molecule has 0 atom stereocenters. The van der Waals surface area contributed by atoms with Gasteiger partial charge in [0.05, 0.1) is 11.6 Å². The Balaban J connectivity index is 1.55. The van der Waals surface area contributed by atoms with Crippen LogP contribution in [0.3, 0.4) is 0 Å². The molecule has 4 rings (SSSR count). The summed E-state index contributed by atoms with van der Waals surface area (Å²) in [6.45, 7) is 4.65. The molecule has 0 aliphatic carbocycles. The summed E-state index contributed by atoms with van der Waals surface area (Å²) in [5.41, 5.74) is 6.78. The van der Waals surface area contributed by atoms with E-state index in [1.54, 1.807) is 12.1 Å². The maximum Gasteiger partial charge on any atom is 0.119 e. The minimum absolute atomic E-state index is 0.519. The smallest absolute Gasteiger partial charge is 0.119 e. The van der Waals surface area contributed by atoms with E-state index in [4.69, 9.17) is 16.3 Å². The summed E-state index contributed by atoms with van der Waals surface area (Å²) in [5, 5.41) is 10.3. The topological polar surface area (TPSA) is 38.0 Å². The number of ether oxygens (including phenoxy) is 1. The largest absolute Gasteiger partial charge is 0.489 e. The van der Waals surface area contributed by atoms with Crippen LogP contribution in [0.25, 0.3) is 17.3 Å². The first-order valence-corrected chi connectivity index (χ1v) is 11.7. The molecular formula is C28H22BrClN2O. The zero-order valence-electron chi connectivity index (χ0n) is 18.3. The van der Waals surface area contributed by atoms with E-state index in [0.29, 0.717) is 17.2 Å². The highest BCUT2D eigenvalue weighted by atomic mass is 79.9. The van der Waals surface area contributed by atoms with E-state index in [1.165, 1.54) is 0 Å². The second-order valence-electron chi connectivity index (χ2n) is 7.75. The van der Waals surface area contributed by atoms with Gasteiger partial charge in [-0.25, -0.2) is 0 Å². The summed E-state index contributed by atoms with van der Waals surface area (Å²) in [4.78, 5) is 0. The molecule has 0 amide bonds. The van der Waals surface area contributed by atoms with E-state index in [0.717, 1.165) is 44.0 Å². The molecule has 0 spiro atoms. The van der Waals surface area contributed by atoms with Gasteiger partial charge in [-0.1, -0.05) is 51.8 Å². The Bertz CT molecular complexity index is 1330. The third-order valence-electron chi connectivity index (χ3n) is 5.46. The average Bonchev–Trinajstić information content (AvgIpc) is 3.10. The molecule has 0 N–H and O–H groups in total. The number of hydrogen-bond donors (Lipinski definition) is 0. The SMILES string of the molecule is Cc1cc(/C=C(/C#N)c2ccc(Cl)cc2)c(C)n1-c1ccc(OCc2ccc(Br)cc2)cc1. The molecule has 0 bridgehead atoms. The maximum absolute atomic E-state index is 9.70. The Morgan fingerprint density at radius 2 is 1.67 bits per heavy atom. The number of nitrogens with zero attached hydrogens (tertiary/aromatic N) is 2. The molecule has 0 saturated carbocycles. The van der Waals surface area contributed by atoms with Gasteiger partial charge in [-0.2, -0.15) is 5.26 Å². The van der Waals surface area contributed by atoms with Gasteiger partial charge in [-0.15, -0.1) is 0 Å². The number of nitriles is 1. The molecule has 4 aromatic rings. The lowest BCUT2D eigenvalue weighted by atomic mass is 10.0. The van der Waals surface area contributed by atoms with Crippen LogP contribution in [0.1, 0.15) is 28.1 Å². The lowest BCUT2D eigenvalue weighted by Crippen LogP contribution is -2.00. The van der Waals surface area contributed by atoms with Gasteiger partial charge in [-0.3, -0.25) is 0 Å². The van der Waals surface area contributed by atoms with Crippen molar-refractivity contribution in [2.45, 2.75) is 20.5 Å². The normalized spacial score (nSPS) is 11.3. The van der Waals surface area contributed by atoms with Crippen molar-refractivity contribution < 1.29 is 4.74 Å². The highest BCUT2D eigenvalue weighted by molar-refractivity contribution is 9.10. The van der Waals surface area contributed by atoms with Crippen LogP contribution >= 0.6 is 27.5 Å². The molecule has 3 nitrogen and oxygen atoms in total. The Kier molecular flexibility index (Phi) is 7.03. The van der Waals surface area contributed by atoms with Gasteiger partial charge in [0.1, 0.15) is 12.4 Å². The molecule has 0 fully saturated rings. The summed E-state index contributed by atoms with van der Waals surface area (Å²) >= 11 is 9.44. The molecule has 164 valence electrons. The Morgan fingerprint density at radius 1 is 1.00 bits per heavy atom. The first kappa shape index (κ1) is 22.9. The maximum atomic E-state index is 9.70. The Morgan fingerprint density at radius 3 is 2.30 bits per heavy atom. The number of aryl methyl sites for hydroxylation is 1. The van der Waals surface area contributed by atoms with Crippen molar-refractivity contribution in [2.24, 2.45) is 0 Å². The molecule has 0 unspecified atom stereocenters. The molecule has 1 aromatic heterocycles. The van der Waals surface area contributed by atoms with Gasteiger partial charge in [0.15, 0.2) is 0 Å². The molecule has 0 aliphatic heterocycles. The van der Waals surface area contributed by atoms with Crippen LogP contribution < -0.4 is 4.74 Å². The van der Waals surface area contributed by atoms with Gasteiger partial charge in [0.2, 0.25) is 0 Å². The molecule has 3 aromatic carbocycles. The lowest BCUT2D eigenvalue weighted by molar-refractivity contribution is 0.306. The standard InChI is InChI=1S/C28H22BrClN2O/c1-19-15-23(16-24(17-31)22-5-9-26(30)10-6-22)20(2)32(19)27-11-13-28(14-12-27)33-18-21-3-7-25(29)8-4-21/h3-16H,18H2,1-2H3/b24-16-. The fourth-order valence-corrected chi connectivity index (χ4v) is 4.13. The van der Waals surface area contributed by atoms with Gasteiger partial charge >= 0.3 is 0 Å². The number of halogens is 2. The van der Waals surface area contributed by atoms with Crippen molar-refractivity contribution in [2.75, 3.05) is 0 Å². The minimum Gasteiger partial charge on any atom is -0.489 e. The van der Waals surface area contributed by atoms with Crippen molar-refractivity contribution in [1.29, 1.82) is 5.26 Å². The van der Waals surface area contributed by atoms with Crippen LogP contribution in [0.15, 0.2) is 83.3 Å². The molecule has 1 heterocycles. The third-order valence-corrected chi connectivity index (χ3v) is 6.24. The molecule has 0 aliphatic rings. The van der Waals surface area contributed by atoms with Crippen molar-refractivity contribution in [3.63, 3.8) is 0 Å². The van der Waals surface area contributed by atoms with Gasteiger partial charge in [0, 0.05) is 26.6 Å². The summed E-state index contributed by atoms with van der Waals surface area (Å²) in [6, 6.07) is 27.9. The Labute approximate surface area is 207 Å². The van der Waals surface area contributed by atoms with E-state index in [1.807, 2.05) is 54.6 Å². The molecular weight excluding hydrogens is 496 g/mol. The average molecular weight is 518 g/mol. The van der Waals surface area contributed by atoms with Crippen LogP contribution in [-0.4, -0.2) is 4.57 Å². The fraction of sp³-hybridized carbons (Fsp3) is 0.107. The molecule has 0 radical (unpaired) electrons. The van der Waals surface area contributed by atoms with E-state index < -0.39 is 0 Å². The third kappa shape index (κ3) is 5.39. The van der Waals surface area contributed by atoms with E-state index >= 15 is 0 Å². The van der Waals surface area contributed by atoms with Crippen LogP contribution in [-0.2, 0) is 6.61 Å². The van der Waals surface area contributed by atoms with Crippen LogP contribution in [0, 0.1) is 25.2 Å². The number of allylic oxidation sites excluding steroid dienone is 1. The zero-order chi connectivity index (χ0) is 23.4. The van der Waals surface area contributed by atoms with Crippen molar-refractivity contribution >= 4 is 39.2 Å². The zero-order valence-corrected chi connectivity index (χ0v) is 20.7. The fourth-order valence-electron chi connectivity index (χ4n) is 3.73. The summed E-state index contributed by atoms with van der Waals surface area (Å²) < 4.78 is 9.17. The van der Waals surface area contributed by atoms with Crippen LogP contribution in [0.2, 0.25) is 5.02 Å². The first-order valence-electron chi connectivity index (χ1n) is 10.5.